The van der Waals surface area contributed by atoms with Gasteiger partial charge in [-0.1, -0.05) is 0 Å². The van der Waals surface area contributed by atoms with Crippen LogP contribution in [-0.2, 0) is 9.59 Å². The Bertz CT molecular complexity index is 520. The fraction of sp³-hybridized carbons (Fsp3) is 0.231. The second kappa shape index (κ2) is 7.22. The molecule has 108 valence electrons. The molecule has 1 amide bonds. The maximum absolute atomic E-state index is 13.6. The number of hydrogen-bond donors (Lipinski definition) is 2. The molecule has 0 aromatic heterocycles. The Hall–Kier alpha value is -2.44. The van der Waals surface area contributed by atoms with Crippen LogP contribution >= 0.6 is 0 Å². The largest absolute Gasteiger partial charge is 0.487 e. The number of carbonyl (C=O) groups is 2. The van der Waals surface area contributed by atoms with Crippen molar-refractivity contribution in [3.05, 3.63) is 35.4 Å². The zero-order valence-electron chi connectivity index (χ0n) is 10.7. The Morgan fingerprint density at radius 1 is 1.35 bits per heavy atom. The number of ether oxygens (including phenoxy) is 1. The van der Waals surface area contributed by atoms with Gasteiger partial charge in [-0.15, -0.1) is 0 Å². The number of benzene rings is 1. The summed E-state index contributed by atoms with van der Waals surface area (Å²) in [5, 5.41) is 10.8. The summed E-state index contributed by atoms with van der Waals surface area (Å²) in [5.74, 6) is -4.07. The van der Waals surface area contributed by atoms with Crippen molar-refractivity contribution >= 4 is 18.0 Å². The van der Waals surface area contributed by atoms with Crippen LogP contribution in [0.15, 0.2) is 18.2 Å². The first kappa shape index (κ1) is 15.6. The van der Waals surface area contributed by atoms with Gasteiger partial charge in [0.2, 0.25) is 5.91 Å². The van der Waals surface area contributed by atoms with Gasteiger partial charge in [-0.05, 0) is 23.8 Å². The van der Waals surface area contributed by atoms with Gasteiger partial charge in [0.25, 0.3) is 0 Å². The summed E-state index contributed by atoms with van der Waals surface area (Å²) in [4.78, 5) is 21.2. The van der Waals surface area contributed by atoms with Crippen LogP contribution in [0.3, 0.4) is 0 Å². The molecule has 20 heavy (non-hydrogen) atoms. The van der Waals surface area contributed by atoms with Crippen molar-refractivity contribution in [2.45, 2.75) is 6.42 Å². The van der Waals surface area contributed by atoms with Crippen molar-refractivity contribution in [1.29, 1.82) is 0 Å². The molecule has 2 N–H and O–H groups in total. The number of carboxylic acids is 1. The molecule has 7 heteroatoms. The summed E-state index contributed by atoms with van der Waals surface area (Å²) >= 11 is 0. The molecule has 0 aliphatic carbocycles. The van der Waals surface area contributed by atoms with E-state index in [9.17, 15) is 18.4 Å². The van der Waals surface area contributed by atoms with Gasteiger partial charge in [0.15, 0.2) is 17.4 Å². The maximum Gasteiger partial charge on any atom is 0.328 e. The third-order valence-electron chi connectivity index (χ3n) is 2.29. The van der Waals surface area contributed by atoms with Gasteiger partial charge in [-0.25, -0.2) is 13.6 Å². The maximum atomic E-state index is 13.6. The highest BCUT2D eigenvalue weighted by Crippen LogP contribution is 2.24. The van der Waals surface area contributed by atoms with E-state index in [0.29, 0.717) is 0 Å². The third kappa shape index (κ3) is 4.68. The van der Waals surface area contributed by atoms with Crippen LogP contribution in [0.4, 0.5) is 8.78 Å². The number of carboxylic acid groups (broad SMARTS) is 1. The molecule has 0 saturated heterocycles. The van der Waals surface area contributed by atoms with Crippen LogP contribution < -0.4 is 10.1 Å². The highest BCUT2D eigenvalue weighted by Gasteiger charge is 2.12. The average Bonchev–Trinajstić information content (AvgIpc) is 2.39. The number of hydrogen-bond acceptors (Lipinski definition) is 3. The van der Waals surface area contributed by atoms with Crippen molar-refractivity contribution in [2.75, 3.05) is 13.7 Å². The zero-order chi connectivity index (χ0) is 15.1. The summed E-state index contributed by atoms with van der Waals surface area (Å²) in [6, 6.07) is 1.88. The number of rotatable bonds is 6. The molecule has 0 spiro atoms. The van der Waals surface area contributed by atoms with Crippen LogP contribution in [0.25, 0.3) is 6.08 Å². The lowest BCUT2D eigenvalue weighted by Crippen LogP contribution is -2.20. The minimum absolute atomic E-state index is 0.0317. The number of amides is 1. The second-order valence-electron chi connectivity index (χ2n) is 3.76. The van der Waals surface area contributed by atoms with Crippen LogP contribution in [-0.4, -0.2) is 30.6 Å². The van der Waals surface area contributed by atoms with Crippen molar-refractivity contribution < 1.29 is 28.2 Å². The molecular formula is C13H13F2NO4. The summed E-state index contributed by atoms with van der Waals surface area (Å²) in [7, 11) is 1.44. The minimum atomic E-state index is -1.23. The fourth-order valence-electron chi connectivity index (χ4n) is 1.35. The summed E-state index contributed by atoms with van der Waals surface area (Å²) in [5.41, 5.74) is 0.0565. The van der Waals surface area contributed by atoms with E-state index < -0.39 is 23.4 Å². The van der Waals surface area contributed by atoms with E-state index in [1.165, 1.54) is 7.05 Å². The van der Waals surface area contributed by atoms with E-state index in [-0.39, 0.29) is 24.5 Å². The van der Waals surface area contributed by atoms with E-state index in [4.69, 9.17) is 9.84 Å². The van der Waals surface area contributed by atoms with E-state index in [2.05, 4.69) is 5.32 Å². The molecule has 0 heterocycles. The Labute approximate surface area is 113 Å². The Balaban J connectivity index is 2.79. The normalized spacial score (nSPS) is 10.6. The molecule has 0 fully saturated rings. The SMILES string of the molecule is CNC(=O)CCOc1c(F)cc(C=CC(=O)O)cc1F. The van der Waals surface area contributed by atoms with Gasteiger partial charge < -0.3 is 15.2 Å². The first-order chi connectivity index (χ1) is 9.43. The molecule has 5 nitrogen and oxygen atoms in total. The van der Waals surface area contributed by atoms with Crippen LogP contribution in [0, 0.1) is 11.6 Å². The lowest BCUT2D eigenvalue weighted by Gasteiger charge is -2.08. The molecule has 0 radical (unpaired) electrons. The smallest absolute Gasteiger partial charge is 0.328 e. The van der Waals surface area contributed by atoms with Crippen LogP contribution in [0.5, 0.6) is 5.75 Å². The van der Waals surface area contributed by atoms with Crippen molar-refractivity contribution in [1.82, 2.24) is 5.32 Å². The number of halogens is 2. The highest BCUT2D eigenvalue weighted by molar-refractivity contribution is 5.85. The molecule has 1 aromatic rings. The van der Waals surface area contributed by atoms with Gasteiger partial charge in [0, 0.05) is 13.1 Å². The first-order valence-electron chi connectivity index (χ1n) is 5.67. The lowest BCUT2D eigenvalue weighted by molar-refractivity contribution is -0.131. The highest BCUT2D eigenvalue weighted by atomic mass is 19.1. The molecule has 0 aliphatic heterocycles. The Morgan fingerprint density at radius 3 is 2.45 bits per heavy atom. The van der Waals surface area contributed by atoms with Crippen molar-refractivity contribution in [3.63, 3.8) is 0 Å². The molecule has 0 aliphatic rings. The standard InChI is InChI=1S/C13H13F2NO4/c1-16-11(17)4-5-20-13-9(14)6-8(7-10(13)15)2-3-12(18)19/h2-3,6-7H,4-5H2,1H3,(H,16,17)(H,18,19). The molecule has 0 atom stereocenters. The predicted octanol–water partition coefficient (Wildman–Crippen LogP) is 1.58. The first-order valence-corrected chi connectivity index (χ1v) is 5.67. The number of nitrogens with one attached hydrogen (secondary N) is 1. The zero-order valence-corrected chi connectivity index (χ0v) is 10.7. The van der Waals surface area contributed by atoms with Crippen LogP contribution in [0.2, 0.25) is 0 Å². The molecule has 1 rings (SSSR count). The van der Waals surface area contributed by atoms with Crippen molar-refractivity contribution in [3.8, 4) is 5.75 Å². The molecule has 0 bridgehead atoms. The number of carbonyl (C=O) groups excluding carboxylic acids is 1. The average molecular weight is 285 g/mol. The topological polar surface area (TPSA) is 75.6 Å². The summed E-state index contributed by atoms with van der Waals surface area (Å²) < 4.78 is 32.1. The fourth-order valence-corrected chi connectivity index (χ4v) is 1.35. The van der Waals surface area contributed by atoms with E-state index >= 15 is 0 Å². The molecule has 0 unspecified atom stereocenters. The van der Waals surface area contributed by atoms with E-state index in [1.54, 1.807) is 0 Å². The molecule has 1 aromatic carbocycles. The lowest BCUT2D eigenvalue weighted by atomic mass is 10.2. The quantitative estimate of drug-likeness (QED) is 0.778. The van der Waals surface area contributed by atoms with E-state index in [0.717, 1.165) is 24.3 Å². The second-order valence-corrected chi connectivity index (χ2v) is 3.76. The van der Waals surface area contributed by atoms with Gasteiger partial charge in [0.05, 0.1) is 13.0 Å². The van der Waals surface area contributed by atoms with Crippen molar-refractivity contribution in [2.24, 2.45) is 0 Å². The minimum Gasteiger partial charge on any atom is -0.487 e. The van der Waals surface area contributed by atoms with Gasteiger partial charge >= 0.3 is 5.97 Å². The Morgan fingerprint density at radius 2 is 1.95 bits per heavy atom. The van der Waals surface area contributed by atoms with Gasteiger partial charge in [-0.3, -0.25) is 4.79 Å². The third-order valence-corrected chi connectivity index (χ3v) is 2.29. The van der Waals surface area contributed by atoms with Crippen LogP contribution in [0.1, 0.15) is 12.0 Å². The molecule has 0 saturated carbocycles. The van der Waals surface area contributed by atoms with E-state index in [1.807, 2.05) is 0 Å². The summed E-state index contributed by atoms with van der Waals surface area (Å²) in [6.07, 6.45) is 1.79. The molecular weight excluding hydrogens is 272 g/mol. The van der Waals surface area contributed by atoms with Gasteiger partial charge in [-0.2, -0.15) is 0 Å². The Kier molecular flexibility index (Phi) is 5.64. The predicted molar refractivity (Wildman–Crippen MR) is 67.2 cm³/mol. The monoisotopic (exact) mass is 285 g/mol. The number of aliphatic carboxylic acids is 1. The van der Waals surface area contributed by atoms with Gasteiger partial charge in [0.1, 0.15) is 0 Å². The summed E-state index contributed by atoms with van der Waals surface area (Å²) in [6.45, 7) is -0.169.